The van der Waals surface area contributed by atoms with Gasteiger partial charge in [-0.2, -0.15) is 0 Å². The van der Waals surface area contributed by atoms with Gasteiger partial charge in [-0.05, 0) is 6.92 Å². The van der Waals surface area contributed by atoms with Crippen molar-refractivity contribution in [2.75, 3.05) is 0 Å². The van der Waals surface area contributed by atoms with Gasteiger partial charge in [-0.25, -0.2) is 4.98 Å². The highest BCUT2D eigenvalue weighted by Crippen LogP contribution is 2.12. The maximum atomic E-state index is 10.7. The molecular weight excluding hydrogens is 162 g/mol. The van der Waals surface area contributed by atoms with Gasteiger partial charge in [-0.1, -0.05) is 0 Å². The summed E-state index contributed by atoms with van der Waals surface area (Å²) in [7, 11) is 1.77. The molecule has 2 N–H and O–H groups in total. The SMILES string of the molecule is Cc1nc(C(N)=O)c(S)n1C. The molecule has 0 bridgehead atoms. The molecule has 1 aromatic heterocycles. The minimum atomic E-state index is -0.543. The molecule has 0 spiro atoms. The second kappa shape index (κ2) is 2.58. The lowest BCUT2D eigenvalue weighted by Crippen LogP contribution is -2.12. The van der Waals surface area contributed by atoms with E-state index in [9.17, 15) is 4.79 Å². The second-order valence-electron chi connectivity index (χ2n) is 2.25. The lowest BCUT2D eigenvalue weighted by atomic mass is 10.5. The third-order valence-electron chi connectivity index (χ3n) is 1.52. The summed E-state index contributed by atoms with van der Waals surface area (Å²) in [6.07, 6.45) is 0. The van der Waals surface area contributed by atoms with E-state index in [1.54, 1.807) is 18.5 Å². The number of nitrogens with zero attached hydrogens (tertiary/aromatic N) is 2. The van der Waals surface area contributed by atoms with Crippen LogP contribution in [0.4, 0.5) is 0 Å². The predicted molar refractivity (Wildman–Crippen MR) is 43.7 cm³/mol. The molecule has 0 saturated carbocycles. The van der Waals surface area contributed by atoms with Crippen molar-refractivity contribution in [3.63, 3.8) is 0 Å². The van der Waals surface area contributed by atoms with Gasteiger partial charge < -0.3 is 10.3 Å². The molecule has 1 amide bonds. The predicted octanol–water partition coefficient (Wildman–Crippen LogP) is 0.116. The molecule has 0 aliphatic heterocycles. The minimum Gasteiger partial charge on any atom is -0.364 e. The average Bonchev–Trinajstić information content (AvgIpc) is 2.17. The van der Waals surface area contributed by atoms with Crippen LogP contribution in [0, 0.1) is 6.92 Å². The summed E-state index contributed by atoms with van der Waals surface area (Å²) >= 11 is 4.07. The third-order valence-corrected chi connectivity index (χ3v) is 2.03. The maximum absolute atomic E-state index is 10.7. The van der Waals surface area contributed by atoms with E-state index >= 15 is 0 Å². The van der Waals surface area contributed by atoms with E-state index in [-0.39, 0.29) is 5.69 Å². The Bertz CT molecular complexity index is 305. The molecule has 0 fully saturated rings. The Morgan fingerprint density at radius 2 is 2.27 bits per heavy atom. The first-order chi connectivity index (χ1) is 5.04. The standard InChI is InChI=1S/C6H9N3OS/c1-3-8-4(5(7)10)6(11)9(3)2/h11H,1-2H3,(H2,7,10). The van der Waals surface area contributed by atoms with Crippen molar-refractivity contribution in [1.82, 2.24) is 9.55 Å². The van der Waals surface area contributed by atoms with Gasteiger partial charge in [0.1, 0.15) is 10.9 Å². The van der Waals surface area contributed by atoms with Gasteiger partial charge in [-0.15, -0.1) is 12.6 Å². The van der Waals surface area contributed by atoms with Crippen LogP contribution in [-0.2, 0) is 7.05 Å². The quantitative estimate of drug-likeness (QED) is 0.589. The number of carbonyl (C=O) groups is 1. The van der Waals surface area contributed by atoms with Crippen LogP contribution < -0.4 is 5.73 Å². The molecule has 60 valence electrons. The van der Waals surface area contributed by atoms with Gasteiger partial charge in [0.2, 0.25) is 0 Å². The highest BCUT2D eigenvalue weighted by Gasteiger charge is 2.12. The van der Waals surface area contributed by atoms with Gasteiger partial charge in [0, 0.05) is 7.05 Å². The molecule has 0 atom stereocenters. The van der Waals surface area contributed by atoms with E-state index in [1.807, 2.05) is 0 Å². The number of nitrogens with two attached hydrogens (primary N) is 1. The van der Waals surface area contributed by atoms with Crippen LogP contribution in [0.3, 0.4) is 0 Å². The van der Waals surface area contributed by atoms with Crippen molar-refractivity contribution in [3.8, 4) is 0 Å². The summed E-state index contributed by atoms with van der Waals surface area (Å²) in [5.41, 5.74) is 5.26. The van der Waals surface area contributed by atoms with Gasteiger partial charge in [-0.3, -0.25) is 4.79 Å². The molecule has 1 aromatic rings. The van der Waals surface area contributed by atoms with Crippen LogP contribution in [0.5, 0.6) is 0 Å². The number of imidazole rings is 1. The Balaban J connectivity index is 3.29. The Morgan fingerprint density at radius 1 is 1.73 bits per heavy atom. The fourth-order valence-corrected chi connectivity index (χ4v) is 1.07. The largest absolute Gasteiger partial charge is 0.364 e. The molecule has 0 aliphatic carbocycles. The number of carbonyl (C=O) groups excluding carboxylic acids is 1. The van der Waals surface area contributed by atoms with Gasteiger partial charge in [0.05, 0.1) is 0 Å². The zero-order valence-corrected chi connectivity index (χ0v) is 7.22. The zero-order chi connectivity index (χ0) is 8.59. The van der Waals surface area contributed by atoms with Crippen LogP contribution in [0.2, 0.25) is 0 Å². The molecule has 11 heavy (non-hydrogen) atoms. The van der Waals surface area contributed by atoms with Crippen molar-refractivity contribution in [3.05, 3.63) is 11.5 Å². The summed E-state index contributed by atoms with van der Waals surface area (Å²) < 4.78 is 1.70. The number of aryl methyl sites for hydroxylation is 1. The van der Waals surface area contributed by atoms with Gasteiger partial charge in [0.15, 0.2) is 5.69 Å². The second-order valence-corrected chi connectivity index (χ2v) is 2.68. The molecule has 0 aromatic carbocycles. The number of thiol groups is 1. The van der Waals surface area contributed by atoms with Crippen molar-refractivity contribution >= 4 is 18.5 Å². The molecule has 1 heterocycles. The Labute approximate surface area is 69.8 Å². The molecule has 0 saturated heterocycles. The first kappa shape index (κ1) is 8.13. The molecule has 0 unspecified atom stereocenters. The number of primary amides is 1. The summed E-state index contributed by atoms with van der Waals surface area (Å²) in [6.45, 7) is 1.78. The van der Waals surface area contributed by atoms with E-state index in [4.69, 9.17) is 5.73 Å². The minimum absolute atomic E-state index is 0.230. The topological polar surface area (TPSA) is 60.9 Å². The summed E-state index contributed by atoms with van der Waals surface area (Å²) in [5.74, 6) is 0.183. The van der Waals surface area contributed by atoms with E-state index in [0.29, 0.717) is 5.03 Å². The summed E-state index contributed by atoms with van der Waals surface area (Å²) in [5, 5.41) is 0.509. The van der Waals surface area contributed by atoms with E-state index in [2.05, 4.69) is 17.6 Å². The van der Waals surface area contributed by atoms with Crippen molar-refractivity contribution in [2.45, 2.75) is 11.9 Å². The van der Waals surface area contributed by atoms with Crippen LogP contribution in [0.1, 0.15) is 16.3 Å². The highest BCUT2D eigenvalue weighted by atomic mass is 32.1. The molecule has 0 radical (unpaired) electrons. The number of aromatic nitrogens is 2. The van der Waals surface area contributed by atoms with Crippen molar-refractivity contribution in [2.24, 2.45) is 12.8 Å². The van der Waals surface area contributed by atoms with Crippen LogP contribution in [-0.4, -0.2) is 15.5 Å². The van der Waals surface area contributed by atoms with E-state index < -0.39 is 5.91 Å². The first-order valence-electron chi connectivity index (χ1n) is 3.06. The van der Waals surface area contributed by atoms with Crippen LogP contribution in [0.15, 0.2) is 5.03 Å². The molecule has 4 nitrogen and oxygen atoms in total. The monoisotopic (exact) mass is 171 g/mol. The summed E-state index contributed by atoms with van der Waals surface area (Å²) in [6, 6.07) is 0. The lowest BCUT2D eigenvalue weighted by molar-refractivity contribution is 0.0992. The number of rotatable bonds is 1. The molecule has 0 aliphatic rings. The third kappa shape index (κ3) is 1.23. The number of hydrogen-bond donors (Lipinski definition) is 2. The number of hydrogen-bond acceptors (Lipinski definition) is 3. The number of amides is 1. The van der Waals surface area contributed by atoms with E-state index in [1.165, 1.54) is 0 Å². The van der Waals surface area contributed by atoms with Crippen molar-refractivity contribution in [1.29, 1.82) is 0 Å². The Morgan fingerprint density at radius 3 is 2.45 bits per heavy atom. The lowest BCUT2D eigenvalue weighted by Gasteiger charge is -1.94. The highest BCUT2D eigenvalue weighted by molar-refractivity contribution is 7.80. The Hall–Kier alpha value is -0.970. The van der Waals surface area contributed by atoms with Gasteiger partial charge >= 0.3 is 0 Å². The zero-order valence-electron chi connectivity index (χ0n) is 6.33. The van der Waals surface area contributed by atoms with Gasteiger partial charge in [0.25, 0.3) is 5.91 Å². The molecule has 1 rings (SSSR count). The fourth-order valence-electron chi connectivity index (χ4n) is 0.764. The molecule has 5 heteroatoms. The van der Waals surface area contributed by atoms with Crippen molar-refractivity contribution < 1.29 is 4.79 Å². The molecular formula is C6H9N3OS. The van der Waals surface area contributed by atoms with E-state index in [0.717, 1.165) is 5.82 Å². The Kier molecular flexibility index (Phi) is 1.90. The normalized spacial score (nSPS) is 10.1. The van der Waals surface area contributed by atoms with Crippen LogP contribution >= 0.6 is 12.6 Å². The fraction of sp³-hybridized carbons (Fsp3) is 0.333. The maximum Gasteiger partial charge on any atom is 0.270 e. The smallest absolute Gasteiger partial charge is 0.270 e. The summed E-state index contributed by atoms with van der Waals surface area (Å²) in [4.78, 5) is 14.6. The average molecular weight is 171 g/mol. The first-order valence-corrected chi connectivity index (χ1v) is 3.51. The van der Waals surface area contributed by atoms with Crippen LogP contribution in [0.25, 0.3) is 0 Å².